The van der Waals surface area contributed by atoms with Gasteiger partial charge in [0.1, 0.15) is 0 Å². The monoisotopic (exact) mass is 328 g/mol. The Labute approximate surface area is 134 Å². The Morgan fingerprint density at radius 3 is 2.55 bits per heavy atom. The third kappa shape index (κ3) is 2.51. The summed E-state index contributed by atoms with van der Waals surface area (Å²) in [6.07, 6.45) is 6.60. The molecule has 3 rings (SSSR count). The molecule has 1 aliphatic carbocycles. The van der Waals surface area contributed by atoms with Crippen LogP contribution >= 0.6 is 35.4 Å². The number of fused-ring (bicyclic) bond motifs is 1. The fourth-order valence-corrected chi connectivity index (χ4v) is 4.05. The average Bonchev–Trinajstić information content (AvgIpc) is 2.75. The van der Waals surface area contributed by atoms with Gasteiger partial charge in [0.05, 0.1) is 21.1 Å². The molecule has 0 aliphatic heterocycles. The minimum Gasteiger partial charge on any atom is -0.331 e. The van der Waals surface area contributed by atoms with E-state index in [1.165, 1.54) is 32.1 Å². The topological polar surface area (TPSA) is 20.7 Å². The van der Waals surface area contributed by atoms with Crippen molar-refractivity contribution in [3.8, 4) is 0 Å². The molecule has 2 nitrogen and oxygen atoms in total. The highest BCUT2D eigenvalue weighted by Crippen LogP contribution is 2.36. The molecule has 1 aliphatic rings. The Hall–Kier alpha value is -0.510. The maximum absolute atomic E-state index is 6.17. The normalized spacial score (nSPS) is 18.6. The van der Waals surface area contributed by atoms with E-state index in [0.29, 0.717) is 22.0 Å². The van der Waals surface area contributed by atoms with Crippen molar-refractivity contribution in [2.45, 2.75) is 45.1 Å². The van der Waals surface area contributed by atoms with Crippen LogP contribution in [0.15, 0.2) is 12.1 Å². The van der Waals surface area contributed by atoms with E-state index in [2.05, 4.69) is 16.5 Å². The summed E-state index contributed by atoms with van der Waals surface area (Å²) in [4.78, 5) is 3.25. The molecule has 5 heteroatoms. The molecule has 1 aromatic carbocycles. The van der Waals surface area contributed by atoms with Gasteiger partial charge < -0.3 is 9.55 Å². The highest BCUT2D eigenvalue weighted by molar-refractivity contribution is 7.71. The molecule has 1 unspecified atom stereocenters. The molecule has 108 valence electrons. The minimum absolute atomic E-state index is 0.397. The van der Waals surface area contributed by atoms with Crippen molar-refractivity contribution in [1.29, 1.82) is 0 Å². The third-order valence-electron chi connectivity index (χ3n) is 4.50. The van der Waals surface area contributed by atoms with Crippen LogP contribution in [0.2, 0.25) is 10.0 Å². The predicted octanol–water partition coefficient (Wildman–Crippen LogP) is 6.15. The molecule has 0 amide bonds. The quantitative estimate of drug-likeness (QED) is 0.656. The molecule has 0 spiro atoms. The van der Waals surface area contributed by atoms with E-state index in [0.717, 1.165) is 15.8 Å². The first-order chi connectivity index (χ1) is 9.58. The maximum Gasteiger partial charge on any atom is 0.178 e. The molecule has 1 saturated carbocycles. The van der Waals surface area contributed by atoms with Gasteiger partial charge in [0.15, 0.2) is 4.77 Å². The Morgan fingerprint density at radius 2 is 1.85 bits per heavy atom. The number of hydrogen-bond donors (Lipinski definition) is 1. The minimum atomic E-state index is 0.397. The van der Waals surface area contributed by atoms with E-state index in [1.54, 1.807) is 0 Å². The molecule has 1 atom stereocenters. The van der Waals surface area contributed by atoms with Crippen molar-refractivity contribution < 1.29 is 0 Å². The van der Waals surface area contributed by atoms with Gasteiger partial charge in [0.25, 0.3) is 0 Å². The van der Waals surface area contributed by atoms with Gasteiger partial charge >= 0.3 is 0 Å². The average molecular weight is 329 g/mol. The van der Waals surface area contributed by atoms with Gasteiger partial charge in [0, 0.05) is 6.04 Å². The lowest BCUT2D eigenvalue weighted by Crippen LogP contribution is -2.19. The maximum atomic E-state index is 6.17. The summed E-state index contributed by atoms with van der Waals surface area (Å²) < 4.78 is 2.97. The molecule has 0 radical (unpaired) electrons. The highest BCUT2D eigenvalue weighted by Gasteiger charge is 2.23. The number of imidazole rings is 1. The van der Waals surface area contributed by atoms with Crippen LogP contribution in [0.1, 0.15) is 45.1 Å². The zero-order valence-electron chi connectivity index (χ0n) is 11.5. The second kappa shape index (κ2) is 5.70. The molecular weight excluding hydrogens is 311 g/mol. The van der Waals surface area contributed by atoms with Crippen molar-refractivity contribution >= 4 is 46.5 Å². The van der Waals surface area contributed by atoms with E-state index in [9.17, 15) is 0 Å². The molecule has 1 N–H and O–H groups in total. The summed E-state index contributed by atoms with van der Waals surface area (Å²) in [5.74, 6) is 0.698. The number of nitrogens with zero attached hydrogens (tertiary/aromatic N) is 1. The van der Waals surface area contributed by atoms with E-state index in [4.69, 9.17) is 35.4 Å². The summed E-state index contributed by atoms with van der Waals surface area (Å²) in [7, 11) is 0. The first-order valence-corrected chi connectivity index (χ1v) is 8.33. The Morgan fingerprint density at radius 1 is 1.20 bits per heavy atom. The second-order valence-corrected chi connectivity index (χ2v) is 6.92. The number of H-pyrrole nitrogens is 1. The van der Waals surface area contributed by atoms with E-state index >= 15 is 0 Å². The van der Waals surface area contributed by atoms with E-state index < -0.39 is 0 Å². The largest absolute Gasteiger partial charge is 0.331 e. The fraction of sp³-hybridized carbons (Fsp3) is 0.533. The zero-order valence-corrected chi connectivity index (χ0v) is 13.8. The summed E-state index contributed by atoms with van der Waals surface area (Å²) in [6, 6.07) is 4.18. The molecule has 0 saturated heterocycles. The SMILES string of the molecule is CC(C1CCCCC1)n1c(=S)[nH]c2cc(Cl)c(Cl)cc21. The lowest BCUT2D eigenvalue weighted by Gasteiger charge is -2.29. The van der Waals surface area contributed by atoms with Crippen LogP contribution in [0.25, 0.3) is 11.0 Å². The summed E-state index contributed by atoms with van der Waals surface area (Å²) in [6.45, 7) is 2.27. The van der Waals surface area contributed by atoms with Crippen molar-refractivity contribution in [1.82, 2.24) is 9.55 Å². The van der Waals surface area contributed by atoms with Crippen LogP contribution < -0.4 is 0 Å². The number of aromatic amines is 1. The summed E-state index contributed by atoms with van der Waals surface area (Å²) >= 11 is 17.8. The summed E-state index contributed by atoms with van der Waals surface area (Å²) in [5, 5.41) is 1.14. The van der Waals surface area contributed by atoms with Gasteiger partial charge in [-0.25, -0.2) is 0 Å². The van der Waals surface area contributed by atoms with Gasteiger partial charge in [-0.3, -0.25) is 0 Å². The van der Waals surface area contributed by atoms with Gasteiger partial charge in [-0.2, -0.15) is 0 Å². The molecule has 1 fully saturated rings. The molecule has 20 heavy (non-hydrogen) atoms. The number of nitrogens with one attached hydrogen (secondary N) is 1. The number of hydrogen-bond acceptors (Lipinski definition) is 1. The number of aromatic nitrogens is 2. The highest BCUT2D eigenvalue weighted by atomic mass is 35.5. The van der Waals surface area contributed by atoms with Crippen LogP contribution in [0.5, 0.6) is 0 Å². The number of benzene rings is 1. The predicted molar refractivity (Wildman–Crippen MR) is 88.4 cm³/mol. The van der Waals surface area contributed by atoms with Crippen molar-refractivity contribution in [2.75, 3.05) is 0 Å². The lowest BCUT2D eigenvalue weighted by atomic mass is 9.84. The van der Waals surface area contributed by atoms with Crippen LogP contribution in [0.3, 0.4) is 0 Å². The smallest absolute Gasteiger partial charge is 0.178 e. The first-order valence-electron chi connectivity index (χ1n) is 7.17. The lowest BCUT2D eigenvalue weighted by molar-refractivity contribution is 0.266. The van der Waals surface area contributed by atoms with E-state index in [1.807, 2.05) is 12.1 Å². The van der Waals surface area contributed by atoms with Gasteiger partial charge in [0.2, 0.25) is 0 Å². The summed E-state index contributed by atoms with van der Waals surface area (Å²) in [5.41, 5.74) is 2.02. The van der Waals surface area contributed by atoms with Crippen LogP contribution in [-0.2, 0) is 0 Å². The Bertz CT molecular complexity index is 683. The molecular formula is C15H18Cl2N2S. The van der Waals surface area contributed by atoms with Crippen molar-refractivity contribution in [3.05, 3.63) is 26.9 Å². The first kappa shape index (κ1) is 14.4. The molecule has 2 aromatic rings. The Balaban J connectivity index is 2.08. The number of halogens is 2. The molecule has 0 bridgehead atoms. The van der Waals surface area contributed by atoms with E-state index in [-0.39, 0.29) is 0 Å². The standard InChI is InChI=1S/C15H18Cl2N2S/c1-9(10-5-3-2-4-6-10)19-14-8-12(17)11(16)7-13(14)18-15(19)20/h7-10H,2-6H2,1H3,(H,18,20). The molecule has 1 heterocycles. The van der Waals surface area contributed by atoms with Crippen LogP contribution in [0, 0.1) is 10.7 Å². The van der Waals surface area contributed by atoms with Gasteiger partial charge in [-0.15, -0.1) is 0 Å². The zero-order chi connectivity index (χ0) is 14.3. The fourth-order valence-electron chi connectivity index (χ4n) is 3.35. The Kier molecular flexibility index (Phi) is 4.11. The molecule has 1 aromatic heterocycles. The van der Waals surface area contributed by atoms with Gasteiger partial charge in [-0.1, -0.05) is 42.5 Å². The van der Waals surface area contributed by atoms with Crippen molar-refractivity contribution in [2.24, 2.45) is 5.92 Å². The van der Waals surface area contributed by atoms with Crippen LogP contribution in [-0.4, -0.2) is 9.55 Å². The second-order valence-electron chi connectivity index (χ2n) is 5.72. The van der Waals surface area contributed by atoms with Crippen molar-refractivity contribution in [3.63, 3.8) is 0 Å². The van der Waals surface area contributed by atoms with Crippen LogP contribution in [0.4, 0.5) is 0 Å². The van der Waals surface area contributed by atoms with Gasteiger partial charge in [-0.05, 0) is 50.0 Å². The third-order valence-corrected chi connectivity index (χ3v) is 5.52. The number of rotatable bonds is 2.